The normalized spacial score (nSPS) is 25.7. The summed E-state index contributed by atoms with van der Waals surface area (Å²) in [5.74, 6) is 6.93. The van der Waals surface area contributed by atoms with E-state index in [9.17, 15) is 24.9 Å². The number of nitrogens with one attached hydrogen (secondary N) is 1. The lowest BCUT2D eigenvalue weighted by molar-refractivity contribution is -0.130. The number of nitrogens with two attached hydrogens (primary N) is 1. The van der Waals surface area contributed by atoms with Gasteiger partial charge >= 0.3 is 0 Å². The van der Waals surface area contributed by atoms with Crippen LogP contribution in [0.5, 0.6) is 11.5 Å². The predicted molar refractivity (Wildman–Crippen MR) is 191 cm³/mol. The van der Waals surface area contributed by atoms with Gasteiger partial charge in [-0.05, 0) is 103 Å². The lowest BCUT2D eigenvalue weighted by Crippen LogP contribution is -2.33. The predicted octanol–water partition coefficient (Wildman–Crippen LogP) is 5.54. The first kappa shape index (κ1) is 36.2. The van der Waals surface area contributed by atoms with Crippen molar-refractivity contribution >= 4 is 11.6 Å². The first-order valence-electron chi connectivity index (χ1n) is 17.9. The number of benzene rings is 2. The second-order valence-corrected chi connectivity index (χ2v) is 14.1. The van der Waals surface area contributed by atoms with Crippen LogP contribution in [0.15, 0.2) is 66.0 Å². The molecule has 5 rings (SSSR count). The molecule has 0 radical (unpaired) electrons. The second kappa shape index (κ2) is 17.0. The number of carbonyl (C=O) groups excluding carboxylic acids is 2. The van der Waals surface area contributed by atoms with Crippen LogP contribution >= 0.6 is 0 Å². The van der Waals surface area contributed by atoms with E-state index < -0.39 is 17.9 Å². The molecule has 6 N–H and O–H groups in total. The van der Waals surface area contributed by atoms with Crippen molar-refractivity contribution in [3.05, 3.63) is 82.7 Å². The van der Waals surface area contributed by atoms with E-state index in [1.165, 1.54) is 7.11 Å². The Morgan fingerprint density at radius 2 is 1.86 bits per heavy atom. The van der Waals surface area contributed by atoms with Crippen molar-refractivity contribution in [3.63, 3.8) is 0 Å². The van der Waals surface area contributed by atoms with E-state index in [-0.39, 0.29) is 66.9 Å². The van der Waals surface area contributed by atoms with Gasteiger partial charge in [-0.2, -0.15) is 0 Å². The zero-order valence-corrected chi connectivity index (χ0v) is 28.9. The summed E-state index contributed by atoms with van der Waals surface area (Å²) in [7, 11) is 1.50. The lowest BCUT2D eigenvalue weighted by atomic mass is 9.73. The maximum absolute atomic E-state index is 14.2. The van der Waals surface area contributed by atoms with E-state index in [0.29, 0.717) is 37.4 Å². The Balaban J connectivity index is 1.63. The Bertz CT molecular complexity index is 1590. The van der Waals surface area contributed by atoms with Crippen LogP contribution in [0.4, 0.5) is 0 Å². The summed E-state index contributed by atoms with van der Waals surface area (Å²) in [6, 6.07) is 13.4. The van der Waals surface area contributed by atoms with Crippen molar-refractivity contribution in [2.24, 2.45) is 35.3 Å². The largest absolute Gasteiger partial charge is 0.504 e. The van der Waals surface area contributed by atoms with Gasteiger partial charge in [-0.25, -0.2) is 0 Å². The topological polar surface area (TPSA) is 142 Å². The molecule has 49 heavy (non-hydrogen) atoms. The number of aliphatic hydroxyl groups excluding tert-OH is 2. The quantitative estimate of drug-likeness (QED) is 0.164. The summed E-state index contributed by atoms with van der Waals surface area (Å²) in [6.45, 7) is 2.66. The minimum atomic E-state index is -0.682. The molecule has 0 amide bonds. The van der Waals surface area contributed by atoms with Crippen LogP contribution in [-0.2, 0) is 16.0 Å². The van der Waals surface area contributed by atoms with Crippen LogP contribution in [0.25, 0.3) is 0 Å². The molecule has 0 bridgehead atoms. The van der Waals surface area contributed by atoms with Gasteiger partial charge in [0, 0.05) is 31.4 Å². The number of Topliss-reactive ketones (excluding diaryl/α,β-unsaturated/α-hetero) is 2. The third kappa shape index (κ3) is 9.14. The van der Waals surface area contributed by atoms with Gasteiger partial charge in [0.1, 0.15) is 11.6 Å². The number of aliphatic hydroxyl groups is 2. The SMILES string of the molecule is CCC[C@@H]([C@@H]1C[C@H](CC2=CCNC(N)=C2)C[C@@H]2C#C[C@H](c3ccccc3)c3cc(O)c(OC)cc3CCC(=O)CC(=O)[C@@H]2C1)[C@H](O)CCO. The van der Waals surface area contributed by atoms with Crippen LogP contribution in [0, 0.1) is 41.4 Å². The number of phenolic OH excluding ortho intramolecular Hbond substituents is 1. The number of aromatic hydroxyl groups is 1. The van der Waals surface area contributed by atoms with Gasteiger partial charge in [-0.15, -0.1) is 0 Å². The van der Waals surface area contributed by atoms with Gasteiger partial charge in [-0.3, -0.25) is 9.59 Å². The van der Waals surface area contributed by atoms with Gasteiger partial charge in [-0.1, -0.05) is 61.6 Å². The number of hydrogen-bond donors (Lipinski definition) is 5. The summed E-state index contributed by atoms with van der Waals surface area (Å²) in [4.78, 5) is 27.7. The molecule has 8 heteroatoms. The summed E-state index contributed by atoms with van der Waals surface area (Å²) in [5.41, 5.74) is 9.94. The standard InChI is InChI=1S/C41H52N2O6/c1-3-7-34(37(46)15-17-44)31-20-27(18-26-14-16-43-41(42)21-26)19-29-11-13-33(28-8-5-4-6-9-28)35-25-39(48)40(49-2)23-30(35)10-12-32(45)24-38(47)36(29)22-31/h4-6,8-9,14,21,23,25,27,29,31,33-34,36-37,43-44,46,48H,3,7,10,12,15-20,22,24,42H2,1-2H3/t27-,29+,31-,33-,34+,36-,37-/m1/s1. The molecule has 3 aliphatic rings. The summed E-state index contributed by atoms with van der Waals surface area (Å²) >= 11 is 0. The number of fused-ring (bicyclic) bond motifs is 2. The first-order valence-corrected chi connectivity index (χ1v) is 17.9. The van der Waals surface area contributed by atoms with Gasteiger partial charge in [0.05, 0.1) is 31.4 Å². The minimum absolute atomic E-state index is 0.0128. The fourth-order valence-electron chi connectivity index (χ4n) is 8.31. The zero-order valence-electron chi connectivity index (χ0n) is 28.9. The Morgan fingerprint density at radius 1 is 1.06 bits per heavy atom. The molecule has 2 aliphatic carbocycles. The highest BCUT2D eigenvalue weighted by atomic mass is 16.5. The Morgan fingerprint density at radius 3 is 2.57 bits per heavy atom. The average Bonchev–Trinajstić information content (AvgIpc) is 3.26. The lowest BCUT2D eigenvalue weighted by Gasteiger charge is -2.33. The zero-order chi connectivity index (χ0) is 34.9. The van der Waals surface area contributed by atoms with Crippen LogP contribution in [-0.4, -0.2) is 53.3 Å². The van der Waals surface area contributed by atoms with Gasteiger partial charge in [0.25, 0.3) is 0 Å². The molecule has 2 aromatic carbocycles. The monoisotopic (exact) mass is 668 g/mol. The number of hydrogen-bond acceptors (Lipinski definition) is 8. The smallest absolute Gasteiger partial charge is 0.160 e. The highest BCUT2D eigenvalue weighted by Gasteiger charge is 2.41. The highest BCUT2D eigenvalue weighted by molar-refractivity contribution is 6.00. The number of dihydropyridines is 1. The fourth-order valence-corrected chi connectivity index (χ4v) is 8.31. The molecule has 8 nitrogen and oxygen atoms in total. The third-order valence-corrected chi connectivity index (χ3v) is 10.7. The number of rotatable bonds is 10. The molecule has 262 valence electrons. The summed E-state index contributed by atoms with van der Waals surface area (Å²) in [6.07, 6.45) is 8.61. The summed E-state index contributed by atoms with van der Waals surface area (Å²) < 4.78 is 5.44. The molecule has 7 atom stereocenters. The van der Waals surface area contributed by atoms with Crippen LogP contribution in [0.2, 0.25) is 0 Å². The highest BCUT2D eigenvalue weighted by Crippen LogP contribution is 2.45. The maximum atomic E-state index is 14.2. The Kier molecular flexibility index (Phi) is 12.6. The molecule has 1 saturated carbocycles. The summed E-state index contributed by atoms with van der Waals surface area (Å²) in [5, 5.41) is 35.1. The third-order valence-electron chi connectivity index (χ3n) is 10.7. The Labute approximate surface area is 290 Å². The van der Waals surface area contributed by atoms with E-state index >= 15 is 0 Å². The molecular formula is C41H52N2O6. The minimum Gasteiger partial charge on any atom is -0.504 e. The number of carbonyl (C=O) groups is 2. The van der Waals surface area contributed by atoms with Crippen LogP contribution in [0.1, 0.15) is 87.3 Å². The van der Waals surface area contributed by atoms with Crippen LogP contribution < -0.4 is 15.8 Å². The van der Waals surface area contributed by atoms with Gasteiger partial charge < -0.3 is 31.1 Å². The van der Waals surface area contributed by atoms with Crippen molar-refractivity contribution in [1.29, 1.82) is 0 Å². The molecule has 0 saturated heterocycles. The molecular weight excluding hydrogens is 616 g/mol. The molecule has 1 aliphatic heterocycles. The number of methoxy groups -OCH3 is 1. The van der Waals surface area contributed by atoms with Crippen LogP contribution in [0.3, 0.4) is 0 Å². The molecule has 1 heterocycles. The molecule has 0 spiro atoms. The van der Waals surface area contributed by atoms with Gasteiger partial charge in [0.15, 0.2) is 11.5 Å². The van der Waals surface area contributed by atoms with E-state index in [1.54, 1.807) is 12.1 Å². The molecule has 1 fully saturated rings. The fraction of sp³-hybridized carbons (Fsp3) is 0.512. The van der Waals surface area contributed by atoms with Crippen molar-refractivity contribution < 1.29 is 29.6 Å². The number of phenols is 1. The number of ketones is 2. The molecule has 0 aromatic heterocycles. The second-order valence-electron chi connectivity index (χ2n) is 14.1. The van der Waals surface area contributed by atoms with Crippen molar-refractivity contribution in [2.45, 2.75) is 83.2 Å². The van der Waals surface area contributed by atoms with Crippen molar-refractivity contribution in [3.8, 4) is 23.3 Å². The maximum Gasteiger partial charge on any atom is 0.160 e. The van der Waals surface area contributed by atoms with E-state index in [4.69, 9.17) is 10.5 Å². The van der Waals surface area contributed by atoms with E-state index in [2.05, 4.69) is 30.2 Å². The number of allylic oxidation sites excluding steroid dienone is 2. The first-order chi connectivity index (χ1) is 23.7. The van der Waals surface area contributed by atoms with Crippen molar-refractivity contribution in [1.82, 2.24) is 5.32 Å². The van der Waals surface area contributed by atoms with Crippen molar-refractivity contribution in [2.75, 3.05) is 20.3 Å². The van der Waals surface area contributed by atoms with E-state index in [0.717, 1.165) is 47.9 Å². The molecule has 0 unspecified atom stereocenters. The number of aryl methyl sites for hydroxylation is 1. The Hall–Kier alpha value is -4.06. The van der Waals surface area contributed by atoms with E-state index in [1.807, 2.05) is 36.4 Å². The molecule has 2 aromatic rings. The average molecular weight is 669 g/mol. The van der Waals surface area contributed by atoms with Gasteiger partial charge in [0.2, 0.25) is 0 Å². The number of ether oxygens (including phenoxy) is 1.